The van der Waals surface area contributed by atoms with E-state index in [4.69, 9.17) is 10.8 Å². The number of aromatic amines is 1. The van der Waals surface area contributed by atoms with Crippen molar-refractivity contribution in [2.24, 2.45) is 0 Å². The van der Waals surface area contributed by atoms with Crippen LogP contribution < -0.4 is 11.1 Å². The lowest BCUT2D eigenvalue weighted by Gasteiger charge is -2.20. The Kier molecular flexibility index (Phi) is 3.41. The summed E-state index contributed by atoms with van der Waals surface area (Å²) in [6.07, 6.45) is 0. The number of nitrogens with zero attached hydrogens (tertiary/aromatic N) is 1. The second kappa shape index (κ2) is 4.87. The van der Waals surface area contributed by atoms with Crippen LogP contribution in [0.1, 0.15) is 17.4 Å². The Morgan fingerprint density at radius 2 is 2.32 bits per heavy atom. The summed E-state index contributed by atoms with van der Waals surface area (Å²) in [5, 5.41) is 28.3. The highest BCUT2D eigenvalue weighted by Gasteiger charge is 2.22. The van der Waals surface area contributed by atoms with Crippen LogP contribution in [0.4, 0.5) is 5.69 Å². The summed E-state index contributed by atoms with van der Waals surface area (Å²) in [5.41, 5.74) is 5.75. The van der Waals surface area contributed by atoms with Crippen molar-refractivity contribution in [3.8, 4) is 0 Å². The third-order valence-corrected chi connectivity index (χ3v) is 2.77. The van der Waals surface area contributed by atoms with Gasteiger partial charge in [0, 0.05) is 17.6 Å². The number of aliphatic hydroxyl groups is 2. The molecule has 0 saturated heterocycles. The molecule has 2 aromatic rings. The molecule has 0 aliphatic rings. The summed E-state index contributed by atoms with van der Waals surface area (Å²) in [4.78, 5) is 12.0. The van der Waals surface area contributed by atoms with Gasteiger partial charge in [0.2, 0.25) is 0 Å². The Labute approximate surface area is 109 Å². The Morgan fingerprint density at radius 3 is 3.00 bits per heavy atom. The van der Waals surface area contributed by atoms with Gasteiger partial charge < -0.3 is 21.3 Å². The number of fused-ring (bicyclic) bond motifs is 1. The average molecular weight is 264 g/mol. The highest BCUT2D eigenvalue weighted by atomic mass is 16.3. The zero-order valence-corrected chi connectivity index (χ0v) is 10.5. The van der Waals surface area contributed by atoms with Gasteiger partial charge in [-0.05, 0) is 25.1 Å². The maximum atomic E-state index is 12.0. The number of carbonyl (C=O) groups is 1. The minimum Gasteiger partial charge on any atom is -0.399 e. The molecule has 0 aliphatic heterocycles. The summed E-state index contributed by atoms with van der Waals surface area (Å²) in [6, 6.07) is 5.09. The van der Waals surface area contributed by atoms with Gasteiger partial charge in [0.05, 0.1) is 12.1 Å². The van der Waals surface area contributed by atoms with E-state index >= 15 is 0 Å². The van der Waals surface area contributed by atoms with Gasteiger partial charge in [-0.25, -0.2) is 0 Å². The molecule has 1 amide bonds. The zero-order chi connectivity index (χ0) is 14.0. The van der Waals surface area contributed by atoms with Crippen molar-refractivity contribution < 1.29 is 15.0 Å². The number of amides is 1. The van der Waals surface area contributed by atoms with E-state index in [2.05, 4.69) is 15.5 Å². The molecular formula is C12H16N4O3. The van der Waals surface area contributed by atoms with Crippen LogP contribution in [0.3, 0.4) is 0 Å². The van der Waals surface area contributed by atoms with Gasteiger partial charge in [0.25, 0.3) is 5.91 Å². The Balaban J connectivity index is 2.20. The summed E-state index contributed by atoms with van der Waals surface area (Å²) in [6.45, 7) is 0.911. The third kappa shape index (κ3) is 2.83. The van der Waals surface area contributed by atoms with Crippen molar-refractivity contribution >= 4 is 22.5 Å². The molecule has 0 spiro atoms. The van der Waals surface area contributed by atoms with E-state index < -0.39 is 18.1 Å². The molecule has 1 heterocycles. The number of nitrogens with two attached hydrogens (primary N) is 1. The Bertz CT molecular complexity index is 606. The molecule has 1 aromatic heterocycles. The monoisotopic (exact) mass is 264 g/mol. The fraction of sp³-hybridized carbons (Fsp3) is 0.333. The predicted octanol–water partition coefficient (Wildman–Crippen LogP) is -0.382. The fourth-order valence-electron chi connectivity index (χ4n) is 1.62. The second-order valence-electron chi connectivity index (χ2n) is 4.71. The van der Waals surface area contributed by atoms with Crippen LogP contribution in [0, 0.1) is 0 Å². The number of aromatic nitrogens is 2. The number of benzene rings is 1. The Morgan fingerprint density at radius 1 is 1.58 bits per heavy atom. The molecule has 1 unspecified atom stereocenters. The van der Waals surface area contributed by atoms with E-state index in [0.29, 0.717) is 16.6 Å². The van der Waals surface area contributed by atoms with Gasteiger partial charge in [0.1, 0.15) is 5.60 Å². The number of anilines is 1. The van der Waals surface area contributed by atoms with Crippen LogP contribution in [-0.2, 0) is 0 Å². The van der Waals surface area contributed by atoms with E-state index in [-0.39, 0.29) is 12.2 Å². The standard InChI is InChI=1S/C12H16N4O3/c1-12(19,6-17)5-14-11(18)10-8-4-7(13)2-3-9(8)15-16-10/h2-4,17,19H,5-6,13H2,1H3,(H,14,18)(H,15,16). The molecule has 0 saturated carbocycles. The van der Waals surface area contributed by atoms with Gasteiger partial charge in [-0.1, -0.05) is 0 Å². The van der Waals surface area contributed by atoms with Crippen molar-refractivity contribution in [3.63, 3.8) is 0 Å². The lowest BCUT2D eigenvalue weighted by Crippen LogP contribution is -2.43. The largest absolute Gasteiger partial charge is 0.399 e. The summed E-state index contributed by atoms with van der Waals surface area (Å²) >= 11 is 0. The Hall–Kier alpha value is -2.12. The van der Waals surface area contributed by atoms with E-state index in [1.807, 2.05) is 0 Å². The van der Waals surface area contributed by atoms with Gasteiger partial charge >= 0.3 is 0 Å². The molecular weight excluding hydrogens is 248 g/mol. The number of rotatable bonds is 4. The molecule has 6 N–H and O–H groups in total. The number of aliphatic hydroxyl groups excluding tert-OH is 1. The molecule has 2 rings (SSSR count). The molecule has 1 atom stereocenters. The lowest BCUT2D eigenvalue weighted by atomic mass is 10.1. The van der Waals surface area contributed by atoms with Gasteiger partial charge in [-0.2, -0.15) is 5.10 Å². The molecule has 1 aromatic carbocycles. The minimum absolute atomic E-state index is 0.0704. The smallest absolute Gasteiger partial charge is 0.272 e. The van der Waals surface area contributed by atoms with Crippen molar-refractivity contribution in [2.75, 3.05) is 18.9 Å². The van der Waals surface area contributed by atoms with E-state index in [1.54, 1.807) is 18.2 Å². The highest BCUT2D eigenvalue weighted by Crippen LogP contribution is 2.18. The molecule has 102 valence electrons. The quantitative estimate of drug-likeness (QED) is 0.481. The number of hydrogen-bond donors (Lipinski definition) is 5. The van der Waals surface area contributed by atoms with Crippen LogP contribution >= 0.6 is 0 Å². The van der Waals surface area contributed by atoms with Crippen LogP contribution in [0.2, 0.25) is 0 Å². The van der Waals surface area contributed by atoms with Crippen LogP contribution in [0.15, 0.2) is 18.2 Å². The van der Waals surface area contributed by atoms with Gasteiger partial charge in [-0.15, -0.1) is 0 Å². The predicted molar refractivity (Wildman–Crippen MR) is 70.5 cm³/mol. The highest BCUT2D eigenvalue weighted by molar-refractivity contribution is 6.05. The summed E-state index contributed by atoms with van der Waals surface area (Å²) < 4.78 is 0. The fourth-order valence-corrected chi connectivity index (χ4v) is 1.62. The molecule has 7 heteroatoms. The third-order valence-electron chi connectivity index (χ3n) is 2.77. The zero-order valence-electron chi connectivity index (χ0n) is 10.5. The number of nitrogen functional groups attached to an aromatic ring is 1. The SMILES string of the molecule is CC(O)(CO)CNC(=O)c1n[nH]c2ccc(N)cc12. The topological polar surface area (TPSA) is 124 Å². The molecule has 7 nitrogen and oxygen atoms in total. The number of carbonyl (C=O) groups excluding carboxylic acids is 1. The number of hydrogen-bond acceptors (Lipinski definition) is 5. The van der Waals surface area contributed by atoms with Crippen molar-refractivity contribution in [3.05, 3.63) is 23.9 Å². The first-order chi connectivity index (χ1) is 8.93. The molecule has 0 aliphatic carbocycles. The van der Waals surface area contributed by atoms with Gasteiger partial charge in [-0.3, -0.25) is 9.89 Å². The molecule has 0 bridgehead atoms. The molecule has 19 heavy (non-hydrogen) atoms. The summed E-state index contributed by atoms with van der Waals surface area (Å²) in [7, 11) is 0. The van der Waals surface area contributed by atoms with E-state index in [1.165, 1.54) is 6.92 Å². The minimum atomic E-state index is -1.36. The summed E-state index contributed by atoms with van der Waals surface area (Å²) in [5.74, 6) is -0.439. The first-order valence-corrected chi connectivity index (χ1v) is 5.78. The van der Waals surface area contributed by atoms with E-state index in [9.17, 15) is 9.90 Å². The lowest BCUT2D eigenvalue weighted by molar-refractivity contribution is 0.00317. The maximum absolute atomic E-state index is 12.0. The van der Waals surface area contributed by atoms with Crippen LogP contribution in [0.5, 0.6) is 0 Å². The van der Waals surface area contributed by atoms with Crippen LogP contribution in [0.25, 0.3) is 10.9 Å². The number of nitrogens with one attached hydrogen (secondary N) is 2. The second-order valence-corrected chi connectivity index (χ2v) is 4.71. The van der Waals surface area contributed by atoms with Crippen molar-refractivity contribution in [2.45, 2.75) is 12.5 Å². The van der Waals surface area contributed by atoms with Crippen LogP contribution in [-0.4, -0.2) is 45.1 Å². The van der Waals surface area contributed by atoms with Crippen molar-refractivity contribution in [1.82, 2.24) is 15.5 Å². The average Bonchev–Trinajstić information content (AvgIpc) is 2.79. The normalized spacial score (nSPS) is 14.3. The molecule has 0 fully saturated rings. The van der Waals surface area contributed by atoms with E-state index in [0.717, 1.165) is 0 Å². The maximum Gasteiger partial charge on any atom is 0.272 e. The van der Waals surface area contributed by atoms with Crippen molar-refractivity contribution in [1.29, 1.82) is 0 Å². The van der Waals surface area contributed by atoms with Gasteiger partial charge in [0.15, 0.2) is 5.69 Å². The first-order valence-electron chi connectivity index (χ1n) is 5.78. The molecule has 0 radical (unpaired) electrons. The number of H-pyrrole nitrogens is 1. The first kappa shape index (κ1) is 13.3.